The molecule has 2 heterocycles. The SMILES string of the molecule is Nc1ccn(CC(=O)Nc2cccc(-c3cnco3)c2)n1. The normalized spacial score (nSPS) is 10.5. The van der Waals surface area contributed by atoms with Crippen molar-refractivity contribution in [3.05, 3.63) is 49.1 Å². The lowest BCUT2D eigenvalue weighted by molar-refractivity contribution is -0.116. The second-order valence-electron chi connectivity index (χ2n) is 4.43. The highest BCUT2D eigenvalue weighted by Crippen LogP contribution is 2.21. The molecule has 0 unspecified atom stereocenters. The number of anilines is 2. The minimum Gasteiger partial charge on any atom is -0.444 e. The Bertz CT molecular complexity index is 748. The lowest BCUT2D eigenvalue weighted by atomic mass is 10.1. The zero-order chi connectivity index (χ0) is 14.7. The van der Waals surface area contributed by atoms with Gasteiger partial charge in [-0.15, -0.1) is 0 Å². The Hall–Kier alpha value is -3.09. The van der Waals surface area contributed by atoms with Crippen LogP contribution in [0.5, 0.6) is 0 Å². The maximum absolute atomic E-state index is 11.9. The average Bonchev–Trinajstić information content (AvgIpc) is 3.11. The molecule has 0 saturated heterocycles. The molecule has 21 heavy (non-hydrogen) atoms. The lowest BCUT2D eigenvalue weighted by Crippen LogP contribution is -2.19. The Balaban J connectivity index is 1.70. The third-order valence-corrected chi connectivity index (χ3v) is 2.83. The molecule has 3 N–H and O–H groups in total. The van der Waals surface area contributed by atoms with Crippen molar-refractivity contribution in [1.82, 2.24) is 14.8 Å². The summed E-state index contributed by atoms with van der Waals surface area (Å²) in [5.74, 6) is 0.842. The first-order valence-electron chi connectivity index (χ1n) is 6.28. The predicted molar refractivity (Wildman–Crippen MR) is 77.2 cm³/mol. The van der Waals surface area contributed by atoms with Gasteiger partial charge in [0.25, 0.3) is 0 Å². The van der Waals surface area contributed by atoms with E-state index in [0.717, 1.165) is 5.56 Å². The fraction of sp³-hybridized carbons (Fsp3) is 0.0714. The number of amides is 1. The van der Waals surface area contributed by atoms with Gasteiger partial charge in [0.15, 0.2) is 12.2 Å². The Morgan fingerprint density at radius 2 is 2.29 bits per heavy atom. The number of benzene rings is 1. The van der Waals surface area contributed by atoms with Crippen LogP contribution < -0.4 is 11.1 Å². The smallest absolute Gasteiger partial charge is 0.246 e. The third kappa shape index (κ3) is 3.08. The predicted octanol–water partition coefficient (Wildman–Crippen LogP) is 1.76. The van der Waals surface area contributed by atoms with Crippen molar-refractivity contribution in [1.29, 1.82) is 0 Å². The van der Waals surface area contributed by atoms with E-state index in [9.17, 15) is 4.79 Å². The molecule has 1 aromatic carbocycles. The van der Waals surface area contributed by atoms with Crippen LogP contribution in [-0.4, -0.2) is 20.7 Å². The molecule has 0 aliphatic rings. The molecule has 3 aromatic rings. The van der Waals surface area contributed by atoms with Crippen molar-refractivity contribution in [2.45, 2.75) is 6.54 Å². The number of nitrogens with one attached hydrogen (secondary N) is 1. The monoisotopic (exact) mass is 283 g/mol. The maximum Gasteiger partial charge on any atom is 0.246 e. The van der Waals surface area contributed by atoms with Crippen molar-refractivity contribution in [3.63, 3.8) is 0 Å². The lowest BCUT2D eigenvalue weighted by Gasteiger charge is -2.06. The Kier molecular flexibility index (Phi) is 3.38. The molecule has 3 rings (SSSR count). The summed E-state index contributed by atoms with van der Waals surface area (Å²) in [7, 11) is 0. The summed E-state index contributed by atoms with van der Waals surface area (Å²) in [5, 5.41) is 6.76. The van der Waals surface area contributed by atoms with E-state index in [4.69, 9.17) is 10.2 Å². The van der Waals surface area contributed by atoms with Crippen LogP contribution in [0.2, 0.25) is 0 Å². The molecule has 0 spiro atoms. The van der Waals surface area contributed by atoms with E-state index in [1.165, 1.54) is 11.1 Å². The highest BCUT2D eigenvalue weighted by Gasteiger charge is 2.07. The van der Waals surface area contributed by atoms with E-state index in [2.05, 4.69) is 15.4 Å². The molecular formula is C14H13N5O2. The molecule has 0 radical (unpaired) electrons. The molecule has 0 atom stereocenters. The van der Waals surface area contributed by atoms with Gasteiger partial charge >= 0.3 is 0 Å². The van der Waals surface area contributed by atoms with Crippen LogP contribution >= 0.6 is 0 Å². The first-order chi connectivity index (χ1) is 10.2. The largest absolute Gasteiger partial charge is 0.444 e. The highest BCUT2D eigenvalue weighted by molar-refractivity contribution is 5.91. The number of rotatable bonds is 4. The van der Waals surface area contributed by atoms with Crippen LogP contribution in [0.15, 0.2) is 53.5 Å². The summed E-state index contributed by atoms with van der Waals surface area (Å²) >= 11 is 0. The van der Waals surface area contributed by atoms with Gasteiger partial charge in [0.1, 0.15) is 12.4 Å². The fourth-order valence-corrected chi connectivity index (χ4v) is 1.92. The van der Waals surface area contributed by atoms with E-state index >= 15 is 0 Å². The number of hydrogen-bond acceptors (Lipinski definition) is 5. The van der Waals surface area contributed by atoms with Crippen LogP contribution in [0.25, 0.3) is 11.3 Å². The topological polar surface area (TPSA) is 99.0 Å². The summed E-state index contributed by atoms with van der Waals surface area (Å²) in [6.07, 6.45) is 4.63. The molecule has 1 amide bonds. The van der Waals surface area contributed by atoms with Crippen LogP contribution in [0.1, 0.15) is 0 Å². The third-order valence-electron chi connectivity index (χ3n) is 2.83. The van der Waals surface area contributed by atoms with Crippen molar-refractivity contribution in [2.75, 3.05) is 11.1 Å². The van der Waals surface area contributed by atoms with Crippen LogP contribution in [0.4, 0.5) is 11.5 Å². The Morgan fingerprint density at radius 3 is 3.00 bits per heavy atom. The van der Waals surface area contributed by atoms with Gasteiger partial charge in [0.2, 0.25) is 5.91 Å². The second-order valence-corrected chi connectivity index (χ2v) is 4.43. The quantitative estimate of drug-likeness (QED) is 0.760. The molecular weight excluding hydrogens is 270 g/mol. The van der Waals surface area contributed by atoms with Gasteiger partial charge in [-0.2, -0.15) is 5.10 Å². The van der Waals surface area contributed by atoms with Crippen molar-refractivity contribution >= 4 is 17.4 Å². The number of oxazole rings is 1. The number of nitrogens with zero attached hydrogens (tertiary/aromatic N) is 3. The number of aromatic nitrogens is 3. The van der Waals surface area contributed by atoms with Crippen molar-refractivity contribution in [2.24, 2.45) is 0 Å². The minimum absolute atomic E-state index is 0.101. The standard InChI is InChI=1S/C14H13N5O2/c15-13-4-5-19(18-13)8-14(20)17-11-3-1-2-10(6-11)12-7-16-9-21-12/h1-7,9H,8H2,(H2,15,18)(H,17,20). The zero-order valence-corrected chi connectivity index (χ0v) is 11.1. The van der Waals surface area contributed by atoms with Crippen molar-refractivity contribution in [3.8, 4) is 11.3 Å². The summed E-state index contributed by atoms with van der Waals surface area (Å²) in [5.41, 5.74) is 7.02. The number of hydrogen-bond donors (Lipinski definition) is 2. The van der Waals surface area contributed by atoms with E-state index in [1.54, 1.807) is 24.5 Å². The van der Waals surface area contributed by atoms with E-state index < -0.39 is 0 Å². The van der Waals surface area contributed by atoms with Crippen LogP contribution in [0, 0.1) is 0 Å². The molecule has 2 aromatic heterocycles. The number of carbonyl (C=O) groups is 1. The molecule has 0 fully saturated rings. The molecule has 7 nitrogen and oxygen atoms in total. The molecule has 0 saturated carbocycles. The van der Waals surface area contributed by atoms with E-state index in [0.29, 0.717) is 17.3 Å². The minimum atomic E-state index is -0.187. The Labute approximate surface area is 120 Å². The summed E-state index contributed by atoms with van der Waals surface area (Å²) in [6, 6.07) is 8.96. The van der Waals surface area contributed by atoms with E-state index in [-0.39, 0.29) is 12.5 Å². The number of nitrogens with two attached hydrogens (primary N) is 1. The summed E-state index contributed by atoms with van der Waals surface area (Å²) in [4.78, 5) is 15.8. The Morgan fingerprint density at radius 1 is 1.38 bits per heavy atom. The van der Waals surface area contributed by atoms with Gasteiger partial charge in [0.05, 0.1) is 6.20 Å². The average molecular weight is 283 g/mol. The first-order valence-corrected chi connectivity index (χ1v) is 6.28. The molecule has 0 aliphatic carbocycles. The highest BCUT2D eigenvalue weighted by atomic mass is 16.3. The van der Waals surface area contributed by atoms with Gasteiger partial charge in [-0.3, -0.25) is 9.48 Å². The fourth-order valence-electron chi connectivity index (χ4n) is 1.92. The van der Waals surface area contributed by atoms with Gasteiger partial charge in [-0.25, -0.2) is 4.98 Å². The molecule has 0 bridgehead atoms. The molecule has 0 aliphatic heterocycles. The van der Waals surface area contributed by atoms with E-state index in [1.807, 2.05) is 18.2 Å². The number of nitrogen functional groups attached to an aromatic ring is 1. The van der Waals surface area contributed by atoms with Crippen LogP contribution in [-0.2, 0) is 11.3 Å². The van der Waals surface area contributed by atoms with Gasteiger partial charge < -0.3 is 15.5 Å². The first kappa shape index (κ1) is 12.9. The summed E-state index contributed by atoms with van der Waals surface area (Å²) in [6.45, 7) is 0.101. The zero-order valence-electron chi connectivity index (χ0n) is 11.1. The van der Waals surface area contributed by atoms with Crippen molar-refractivity contribution < 1.29 is 9.21 Å². The van der Waals surface area contributed by atoms with Gasteiger partial charge in [0, 0.05) is 17.4 Å². The van der Waals surface area contributed by atoms with Gasteiger partial charge in [-0.1, -0.05) is 12.1 Å². The molecule has 7 heteroatoms. The maximum atomic E-state index is 11.9. The molecule has 106 valence electrons. The van der Waals surface area contributed by atoms with Crippen LogP contribution in [0.3, 0.4) is 0 Å². The number of carbonyl (C=O) groups excluding carboxylic acids is 1. The van der Waals surface area contributed by atoms with Gasteiger partial charge in [-0.05, 0) is 18.2 Å². The summed E-state index contributed by atoms with van der Waals surface area (Å²) < 4.78 is 6.70. The second kappa shape index (κ2) is 5.49.